The van der Waals surface area contributed by atoms with Gasteiger partial charge in [0.2, 0.25) is 0 Å². The summed E-state index contributed by atoms with van der Waals surface area (Å²) in [4.78, 5) is 2.17. The number of benzene rings is 1. The van der Waals surface area contributed by atoms with Gasteiger partial charge < -0.3 is 15.6 Å². The van der Waals surface area contributed by atoms with Crippen molar-refractivity contribution in [2.75, 3.05) is 33.4 Å². The largest absolute Gasteiger partial charge is 0.395 e. The quantitative estimate of drug-likeness (QED) is 0.725. The van der Waals surface area contributed by atoms with Gasteiger partial charge in [-0.15, -0.1) is 0 Å². The second-order valence-corrected chi connectivity index (χ2v) is 4.47. The topological polar surface area (TPSA) is 58.7 Å². The molecule has 0 aliphatic carbocycles. The van der Waals surface area contributed by atoms with Crippen molar-refractivity contribution < 1.29 is 9.84 Å². The third-order valence-electron chi connectivity index (χ3n) is 3.00. The summed E-state index contributed by atoms with van der Waals surface area (Å²) in [5, 5.41) is 9.19. The maximum absolute atomic E-state index is 9.19. The first-order valence-electron chi connectivity index (χ1n) is 6.35. The van der Waals surface area contributed by atoms with E-state index in [-0.39, 0.29) is 18.7 Å². The fourth-order valence-corrected chi connectivity index (χ4v) is 2.22. The van der Waals surface area contributed by atoms with Crippen LogP contribution in [0.3, 0.4) is 0 Å². The molecule has 2 atom stereocenters. The molecule has 102 valence electrons. The zero-order chi connectivity index (χ0) is 13.4. The van der Waals surface area contributed by atoms with E-state index in [2.05, 4.69) is 17.0 Å². The van der Waals surface area contributed by atoms with Gasteiger partial charge in [0.05, 0.1) is 13.2 Å². The molecule has 0 spiro atoms. The summed E-state index contributed by atoms with van der Waals surface area (Å²) >= 11 is 0. The first kappa shape index (κ1) is 15.1. The van der Waals surface area contributed by atoms with Gasteiger partial charge in [-0.05, 0) is 12.5 Å². The van der Waals surface area contributed by atoms with Gasteiger partial charge in [-0.25, -0.2) is 0 Å². The zero-order valence-corrected chi connectivity index (χ0v) is 11.2. The van der Waals surface area contributed by atoms with E-state index >= 15 is 0 Å². The van der Waals surface area contributed by atoms with Crippen LogP contribution in [-0.4, -0.2) is 49.5 Å². The number of aliphatic hydroxyl groups is 1. The highest BCUT2D eigenvalue weighted by molar-refractivity contribution is 5.20. The van der Waals surface area contributed by atoms with Crippen LogP contribution < -0.4 is 5.73 Å². The molecule has 4 nitrogen and oxygen atoms in total. The van der Waals surface area contributed by atoms with Crippen molar-refractivity contribution >= 4 is 0 Å². The Kier molecular flexibility index (Phi) is 6.90. The minimum Gasteiger partial charge on any atom is -0.395 e. The molecule has 0 aliphatic rings. The SMILES string of the molecule is COCCN(CCO)C(c1ccccc1)C(C)N. The number of ether oxygens (including phenoxy) is 1. The molecule has 0 aromatic heterocycles. The minimum absolute atomic E-state index is 0.00388. The van der Waals surface area contributed by atoms with Crippen molar-refractivity contribution in [3.05, 3.63) is 35.9 Å². The average Bonchev–Trinajstić information content (AvgIpc) is 2.37. The lowest BCUT2D eigenvalue weighted by Crippen LogP contribution is -2.42. The van der Waals surface area contributed by atoms with Crippen molar-refractivity contribution in [1.82, 2.24) is 4.90 Å². The lowest BCUT2D eigenvalue weighted by atomic mass is 9.99. The average molecular weight is 252 g/mol. The fraction of sp³-hybridized carbons (Fsp3) is 0.571. The number of methoxy groups -OCH3 is 1. The number of hydrogen-bond acceptors (Lipinski definition) is 4. The second kappa shape index (κ2) is 8.21. The molecule has 18 heavy (non-hydrogen) atoms. The highest BCUT2D eigenvalue weighted by Crippen LogP contribution is 2.22. The first-order chi connectivity index (χ1) is 8.70. The predicted molar refractivity (Wildman–Crippen MR) is 73.4 cm³/mol. The van der Waals surface area contributed by atoms with E-state index in [0.717, 1.165) is 6.54 Å². The highest BCUT2D eigenvalue weighted by Gasteiger charge is 2.23. The molecule has 3 N–H and O–H groups in total. The Morgan fingerprint density at radius 2 is 1.94 bits per heavy atom. The molecule has 0 aliphatic heterocycles. The van der Waals surface area contributed by atoms with E-state index in [1.807, 2.05) is 25.1 Å². The molecule has 1 rings (SSSR count). The molecule has 0 fully saturated rings. The standard InChI is InChI=1S/C14H24N2O2/c1-12(15)14(13-6-4-3-5-7-13)16(8-10-17)9-11-18-2/h3-7,12,14,17H,8-11,15H2,1-2H3. The van der Waals surface area contributed by atoms with Gasteiger partial charge in [-0.2, -0.15) is 0 Å². The van der Waals surface area contributed by atoms with E-state index in [0.29, 0.717) is 13.2 Å². The molecular weight excluding hydrogens is 228 g/mol. The molecule has 0 radical (unpaired) electrons. The fourth-order valence-electron chi connectivity index (χ4n) is 2.22. The van der Waals surface area contributed by atoms with Gasteiger partial charge in [0.1, 0.15) is 0 Å². The lowest BCUT2D eigenvalue weighted by Gasteiger charge is -2.34. The predicted octanol–water partition coefficient (Wildman–Crippen LogP) is 1.02. The first-order valence-corrected chi connectivity index (χ1v) is 6.35. The molecule has 1 aromatic carbocycles. The van der Waals surface area contributed by atoms with E-state index in [9.17, 15) is 5.11 Å². The summed E-state index contributed by atoms with van der Waals surface area (Å²) in [6, 6.07) is 10.3. The monoisotopic (exact) mass is 252 g/mol. The van der Waals surface area contributed by atoms with Crippen LogP contribution in [-0.2, 0) is 4.74 Å². The van der Waals surface area contributed by atoms with Gasteiger partial charge in [-0.1, -0.05) is 30.3 Å². The summed E-state index contributed by atoms with van der Waals surface area (Å²) < 4.78 is 5.12. The third kappa shape index (κ3) is 4.38. The number of nitrogens with zero attached hydrogens (tertiary/aromatic N) is 1. The third-order valence-corrected chi connectivity index (χ3v) is 3.00. The summed E-state index contributed by atoms with van der Waals surface area (Å²) in [6.07, 6.45) is 0. The lowest BCUT2D eigenvalue weighted by molar-refractivity contribution is 0.0928. The molecule has 0 amide bonds. The van der Waals surface area contributed by atoms with Crippen molar-refractivity contribution in [2.45, 2.75) is 19.0 Å². The summed E-state index contributed by atoms with van der Waals surface area (Å²) in [5.74, 6) is 0. The molecule has 2 unspecified atom stereocenters. The summed E-state index contributed by atoms with van der Waals surface area (Å²) in [7, 11) is 1.68. The minimum atomic E-state index is -0.00388. The highest BCUT2D eigenvalue weighted by atomic mass is 16.5. The second-order valence-electron chi connectivity index (χ2n) is 4.47. The normalized spacial score (nSPS) is 14.7. The molecular formula is C14H24N2O2. The van der Waals surface area contributed by atoms with Crippen molar-refractivity contribution in [3.63, 3.8) is 0 Å². The van der Waals surface area contributed by atoms with Crippen LogP contribution in [0.1, 0.15) is 18.5 Å². The Labute approximate surface area is 109 Å². The summed E-state index contributed by atoms with van der Waals surface area (Å²) in [6.45, 7) is 4.12. The van der Waals surface area contributed by atoms with Crippen LogP contribution in [0.25, 0.3) is 0 Å². The van der Waals surface area contributed by atoms with Crippen LogP contribution in [0.4, 0.5) is 0 Å². The maximum Gasteiger partial charge on any atom is 0.0589 e. The Morgan fingerprint density at radius 3 is 2.44 bits per heavy atom. The summed E-state index contributed by atoms with van der Waals surface area (Å²) in [5.41, 5.74) is 7.29. The van der Waals surface area contributed by atoms with Crippen molar-refractivity contribution in [3.8, 4) is 0 Å². The molecule has 4 heteroatoms. The smallest absolute Gasteiger partial charge is 0.0589 e. The number of rotatable bonds is 8. The Hall–Kier alpha value is -0.940. The Balaban J connectivity index is 2.86. The number of hydrogen-bond donors (Lipinski definition) is 2. The van der Waals surface area contributed by atoms with E-state index < -0.39 is 0 Å². The number of nitrogens with two attached hydrogens (primary N) is 1. The van der Waals surface area contributed by atoms with Crippen LogP contribution in [0.2, 0.25) is 0 Å². The van der Waals surface area contributed by atoms with Crippen molar-refractivity contribution in [1.29, 1.82) is 0 Å². The van der Waals surface area contributed by atoms with E-state index in [1.54, 1.807) is 7.11 Å². The van der Waals surface area contributed by atoms with Gasteiger partial charge >= 0.3 is 0 Å². The molecule has 0 saturated heterocycles. The van der Waals surface area contributed by atoms with Crippen molar-refractivity contribution in [2.24, 2.45) is 5.73 Å². The van der Waals surface area contributed by atoms with Crippen LogP contribution in [0.5, 0.6) is 0 Å². The van der Waals surface area contributed by atoms with Crippen LogP contribution >= 0.6 is 0 Å². The Bertz CT molecular complexity index is 317. The number of aliphatic hydroxyl groups excluding tert-OH is 1. The van der Waals surface area contributed by atoms with Gasteiger partial charge in [0.15, 0.2) is 0 Å². The Morgan fingerprint density at radius 1 is 1.28 bits per heavy atom. The van der Waals surface area contributed by atoms with Crippen LogP contribution in [0, 0.1) is 0 Å². The van der Waals surface area contributed by atoms with Gasteiger partial charge in [0.25, 0.3) is 0 Å². The van der Waals surface area contributed by atoms with E-state index in [4.69, 9.17) is 10.5 Å². The maximum atomic E-state index is 9.19. The van der Waals surface area contributed by atoms with E-state index in [1.165, 1.54) is 5.56 Å². The molecule has 0 saturated carbocycles. The van der Waals surface area contributed by atoms with Gasteiger partial charge in [0, 0.05) is 32.3 Å². The molecule has 0 heterocycles. The van der Waals surface area contributed by atoms with Gasteiger partial charge in [-0.3, -0.25) is 4.90 Å². The molecule has 0 bridgehead atoms. The zero-order valence-electron chi connectivity index (χ0n) is 11.2. The van der Waals surface area contributed by atoms with Crippen LogP contribution in [0.15, 0.2) is 30.3 Å². The molecule has 1 aromatic rings.